The van der Waals surface area contributed by atoms with Gasteiger partial charge >= 0.3 is 11.9 Å². The molecule has 226 valence electrons. The number of quaternary nitrogens is 1. The molecule has 1 N–H and O–H groups in total. The molecule has 1 aliphatic carbocycles. The molecule has 2 fully saturated rings. The number of nitrogens with one attached hydrogen (secondary N) is 1. The predicted molar refractivity (Wildman–Crippen MR) is 164 cm³/mol. The summed E-state index contributed by atoms with van der Waals surface area (Å²) in [6.07, 6.45) is 9.17. The van der Waals surface area contributed by atoms with Gasteiger partial charge in [-0.3, -0.25) is 14.4 Å². The number of benzene rings is 2. The number of aryl methyl sites for hydroxylation is 1. The van der Waals surface area contributed by atoms with E-state index in [-0.39, 0.29) is 23.9 Å². The number of unbranched alkanes of at least 4 members (excludes halogenated alkanes) is 2. The third-order valence-corrected chi connectivity index (χ3v) is 9.21. The highest BCUT2D eigenvalue weighted by atomic mass is 16.6. The lowest BCUT2D eigenvalue weighted by molar-refractivity contribution is -0.917. The number of carbonyl (C=O) groups is 3. The van der Waals surface area contributed by atoms with Gasteiger partial charge in [-0.15, -0.1) is 0 Å². The van der Waals surface area contributed by atoms with Gasteiger partial charge in [0.15, 0.2) is 5.60 Å². The highest BCUT2D eigenvalue weighted by molar-refractivity contribution is 5.76. The van der Waals surface area contributed by atoms with E-state index in [4.69, 9.17) is 9.47 Å². The predicted octanol–water partition coefficient (Wildman–Crippen LogP) is 5.66. The fourth-order valence-corrected chi connectivity index (χ4v) is 7.40. The van der Waals surface area contributed by atoms with Crippen molar-refractivity contribution in [3.63, 3.8) is 0 Å². The molecule has 4 rings (SSSR count). The molecular formula is C35H47N2O5+. The van der Waals surface area contributed by atoms with E-state index >= 15 is 0 Å². The van der Waals surface area contributed by atoms with Gasteiger partial charge in [0.05, 0.1) is 20.1 Å². The van der Waals surface area contributed by atoms with E-state index < -0.39 is 11.0 Å². The topological polar surface area (TPSA) is 81.7 Å². The summed E-state index contributed by atoms with van der Waals surface area (Å²) in [5.41, 5.74) is 1.01. The van der Waals surface area contributed by atoms with Crippen LogP contribution in [0.1, 0.15) is 76.3 Å². The zero-order chi connectivity index (χ0) is 30.2. The van der Waals surface area contributed by atoms with Crippen molar-refractivity contribution in [3.05, 3.63) is 78.4 Å². The molecule has 1 saturated heterocycles. The number of likely N-dealkylation sites (N-methyl/N-ethyl adjacent to an activating group) is 1. The number of carbonyl (C=O) groups excluding carboxylic acids is 3. The molecular weight excluding hydrogens is 528 g/mol. The summed E-state index contributed by atoms with van der Waals surface area (Å²) in [6.45, 7) is 9.14. The zero-order valence-electron chi connectivity index (χ0n) is 25.5. The summed E-state index contributed by atoms with van der Waals surface area (Å²) in [5.74, 6) is -0.138. The highest BCUT2D eigenvalue weighted by Gasteiger charge is 2.64. The van der Waals surface area contributed by atoms with Crippen molar-refractivity contribution in [2.24, 2.45) is 0 Å². The monoisotopic (exact) mass is 575 g/mol. The van der Waals surface area contributed by atoms with E-state index in [0.29, 0.717) is 31.6 Å². The Balaban J connectivity index is 1.53. The van der Waals surface area contributed by atoms with Crippen LogP contribution in [0, 0.1) is 0 Å². The minimum atomic E-state index is -0.762. The lowest BCUT2D eigenvalue weighted by atomic mass is 9.54. The van der Waals surface area contributed by atoms with E-state index in [2.05, 4.69) is 43.2 Å². The molecule has 2 aliphatic rings. The van der Waals surface area contributed by atoms with Crippen molar-refractivity contribution in [1.29, 1.82) is 0 Å². The number of ether oxygens (including phenoxy) is 2. The normalized spacial score (nSPS) is 26.9. The molecule has 1 heterocycles. The van der Waals surface area contributed by atoms with Gasteiger partial charge in [0.25, 0.3) is 0 Å². The van der Waals surface area contributed by atoms with Crippen molar-refractivity contribution in [1.82, 2.24) is 5.32 Å². The van der Waals surface area contributed by atoms with Crippen LogP contribution in [0.25, 0.3) is 0 Å². The van der Waals surface area contributed by atoms with E-state index in [1.54, 1.807) is 6.07 Å². The summed E-state index contributed by atoms with van der Waals surface area (Å²) in [4.78, 5) is 37.5. The minimum Gasteiger partial charge on any atom is -0.452 e. The molecule has 2 aromatic rings. The second-order valence-electron chi connectivity index (χ2n) is 12.6. The molecule has 42 heavy (non-hydrogen) atoms. The molecule has 7 heteroatoms. The number of nitrogens with zero attached hydrogens (tertiary/aromatic N) is 1. The van der Waals surface area contributed by atoms with Crippen molar-refractivity contribution in [2.75, 3.05) is 26.7 Å². The zero-order valence-corrected chi connectivity index (χ0v) is 25.5. The number of likely N-dealkylation sites (tertiary alicyclic amines) is 1. The van der Waals surface area contributed by atoms with Crippen LogP contribution in [-0.4, -0.2) is 60.7 Å². The molecule has 2 aromatic carbocycles. The van der Waals surface area contributed by atoms with E-state index in [1.165, 1.54) is 19.4 Å². The van der Waals surface area contributed by atoms with Crippen molar-refractivity contribution < 1.29 is 28.3 Å². The van der Waals surface area contributed by atoms with Gasteiger partial charge in [-0.05, 0) is 67.9 Å². The third kappa shape index (κ3) is 7.49. The fraction of sp³-hybridized carbons (Fsp3) is 0.514. The fourth-order valence-electron chi connectivity index (χ4n) is 7.40. The number of rotatable bonds is 12. The first-order valence-corrected chi connectivity index (χ1v) is 15.3. The summed E-state index contributed by atoms with van der Waals surface area (Å²) in [7, 11) is 2.19. The number of hydrogen-bond acceptors (Lipinski definition) is 5. The minimum absolute atomic E-state index is 0.0425. The summed E-state index contributed by atoms with van der Waals surface area (Å²) in [5, 5.41) is 3.33. The van der Waals surface area contributed by atoms with Crippen LogP contribution >= 0.6 is 0 Å². The Morgan fingerprint density at radius 1 is 1.02 bits per heavy atom. The molecule has 1 unspecified atom stereocenters. The van der Waals surface area contributed by atoms with Gasteiger partial charge in [0.2, 0.25) is 5.91 Å². The first kappa shape index (κ1) is 31.5. The largest absolute Gasteiger partial charge is 0.452 e. The highest BCUT2D eigenvalue weighted by Crippen LogP contribution is 2.55. The second-order valence-corrected chi connectivity index (χ2v) is 12.6. The Hall–Kier alpha value is -3.45. The number of fused-ring (bicyclic) bond motifs is 1. The molecule has 0 bridgehead atoms. The maximum atomic E-state index is 13.1. The van der Waals surface area contributed by atoms with Crippen molar-refractivity contribution in [2.45, 2.75) is 88.7 Å². The van der Waals surface area contributed by atoms with Crippen LogP contribution in [0.3, 0.4) is 0 Å². The van der Waals surface area contributed by atoms with Crippen LogP contribution < -0.4 is 10.1 Å². The van der Waals surface area contributed by atoms with Crippen LogP contribution in [0.4, 0.5) is 0 Å². The lowest BCUT2D eigenvalue weighted by Gasteiger charge is -2.60. The Morgan fingerprint density at radius 2 is 1.81 bits per heavy atom. The van der Waals surface area contributed by atoms with Crippen molar-refractivity contribution in [3.8, 4) is 5.75 Å². The standard InChI is InChI=1S/C35H46N2O5/c1-5-22-37(4)23-21-34(30-16-12-17-32(24-30)41-27(2)38)25-31(19-20-35(34,26-37)42-28(3)39)36-33(40)18-11-7-10-15-29-13-8-6-9-14-29/h5-6,8-9,12-14,16-17,24,31H,1,7,10-11,15,18-23,25-26H2,2-4H3/p+1/t31-,34-,35?,37-/m0/s1. The number of esters is 2. The van der Waals surface area contributed by atoms with E-state index in [9.17, 15) is 14.4 Å². The first-order chi connectivity index (χ1) is 20.1. The molecule has 7 nitrogen and oxygen atoms in total. The van der Waals surface area contributed by atoms with E-state index in [0.717, 1.165) is 61.7 Å². The van der Waals surface area contributed by atoms with Gasteiger partial charge in [0.1, 0.15) is 12.3 Å². The van der Waals surface area contributed by atoms with Crippen LogP contribution in [0.2, 0.25) is 0 Å². The van der Waals surface area contributed by atoms with Gasteiger partial charge in [-0.2, -0.15) is 0 Å². The second kappa shape index (κ2) is 13.7. The molecule has 1 aliphatic heterocycles. The SMILES string of the molecule is C=CC[N@@+]1(C)CC[C@@]2(c3cccc(OC(C)=O)c3)C[C@@H](NC(=O)CCCCCc3ccccc3)CCC2(OC(C)=O)C1. The van der Waals surface area contributed by atoms with E-state index in [1.807, 2.05) is 30.3 Å². The van der Waals surface area contributed by atoms with Gasteiger partial charge < -0.3 is 19.3 Å². The Morgan fingerprint density at radius 3 is 2.52 bits per heavy atom. The number of hydrogen-bond donors (Lipinski definition) is 1. The Kier molecular flexibility index (Phi) is 10.3. The van der Waals surface area contributed by atoms with Crippen LogP contribution in [0.15, 0.2) is 67.3 Å². The van der Waals surface area contributed by atoms with Gasteiger partial charge in [-0.1, -0.05) is 55.5 Å². The van der Waals surface area contributed by atoms with Crippen molar-refractivity contribution >= 4 is 17.8 Å². The van der Waals surface area contributed by atoms with Crippen LogP contribution in [0.5, 0.6) is 5.75 Å². The third-order valence-electron chi connectivity index (χ3n) is 9.21. The molecule has 1 saturated carbocycles. The lowest BCUT2D eigenvalue weighted by Crippen LogP contribution is -2.72. The first-order valence-electron chi connectivity index (χ1n) is 15.3. The van der Waals surface area contributed by atoms with Gasteiger partial charge in [0, 0.05) is 38.1 Å². The summed E-state index contributed by atoms with van der Waals surface area (Å²) < 4.78 is 12.6. The summed E-state index contributed by atoms with van der Waals surface area (Å²) >= 11 is 0. The smallest absolute Gasteiger partial charge is 0.308 e. The van der Waals surface area contributed by atoms with Gasteiger partial charge in [-0.25, -0.2) is 0 Å². The molecule has 4 atom stereocenters. The molecule has 1 amide bonds. The average molecular weight is 576 g/mol. The molecule has 0 radical (unpaired) electrons. The number of piperidine rings is 1. The van der Waals surface area contributed by atoms with Crippen LogP contribution in [-0.2, 0) is 31.0 Å². The maximum absolute atomic E-state index is 13.1. The Labute approximate surface area is 250 Å². The maximum Gasteiger partial charge on any atom is 0.308 e. The molecule has 0 spiro atoms. The summed E-state index contributed by atoms with van der Waals surface area (Å²) in [6, 6.07) is 18.0. The average Bonchev–Trinajstić information content (AvgIpc) is 2.93. The number of amides is 1. The quantitative estimate of drug-likeness (QED) is 0.116. The molecule has 0 aromatic heterocycles. The Bertz CT molecular complexity index is 1260.